The average molecular weight is 166 g/mol. The van der Waals surface area contributed by atoms with E-state index in [9.17, 15) is 4.79 Å². The minimum atomic E-state index is 0.0193. The van der Waals surface area contributed by atoms with Crippen molar-refractivity contribution < 1.29 is 9.90 Å². The van der Waals surface area contributed by atoms with Crippen LogP contribution in [-0.2, 0) is 4.79 Å². The van der Waals surface area contributed by atoms with Gasteiger partial charge in [0.15, 0.2) is 5.78 Å². The van der Waals surface area contributed by atoms with Crippen LogP contribution in [0.1, 0.15) is 26.2 Å². The maximum atomic E-state index is 11.3. The Labute approximate surface area is 72.6 Å². The van der Waals surface area contributed by atoms with Gasteiger partial charge in [-0.2, -0.15) is 0 Å². The summed E-state index contributed by atoms with van der Waals surface area (Å²) in [5.41, 5.74) is 1.62. The van der Waals surface area contributed by atoms with Gasteiger partial charge < -0.3 is 5.11 Å². The largest absolute Gasteiger partial charge is 0.392 e. The first kappa shape index (κ1) is 9.20. The molecule has 0 atom stereocenters. The van der Waals surface area contributed by atoms with Crippen LogP contribution in [0.4, 0.5) is 0 Å². The minimum absolute atomic E-state index is 0.0193. The van der Waals surface area contributed by atoms with Crippen LogP contribution in [0.2, 0.25) is 0 Å². The van der Waals surface area contributed by atoms with Gasteiger partial charge in [-0.3, -0.25) is 4.79 Å². The summed E-state index contributed by atoms with van der Waals surface area (Å²) in [5, 5.41) is 8.96. The number of carbonyl (C=O) groups is 1. The molecular formula is C10H14O2. The van der Waals surface area contributed by atoms with Gasteiger partial charge in [-0.15, -0.1) is 0 Å². The van der Waals surface area contributed by atoms with Crippen LogP contribution in [0.5, 0.6) is 0 Å². The van der Waals surface area contributed by atoms with Crippen molar-refractivity contribution in [1.29, 1.82) is 0 Å². The van der Waals surface area contributed by atoms with Crippen LogP contribution < -0.4 is 0 Å². The van der Waals surface area contributed by atoms with Gasteiger partial charge in [0.2, 0.25) is 0 Å². The van der Waals surface area contributed by atoms with Crippen molar-refractivity contribution in [1.82, 2.24) is 0 Å². The van der Waals surface area contributed by atoms with Crippen LogP contribution in [0.3, 0.4) is 0 Å². The minimum Gasteiger partial charge on any atom is -0.392 e. The molecule has 0 heterocycles. The van der Waals surface area contributed by atoms with E-state index < -0.39 is 0 Å². The molecular weight excluding hydrogens is 152 g/mol. The summed E-state index contributed by atoms with van der Waals surface area (Å²) in [6.07, 6.45) is 6.02. The molecule has 0 aromatic carbocycles. The van der Waals surface area contributed by atoms with Gasteiger partial charge in [0, 0.05) is 12.0 Å². The van der Waals surface area contributed by atoms with Crippen LogP contribution in [0.15, 0.2) is 23.3 Å². The molecule has 0 aliphatic heterocycles. The SMILES string of the molecule is CC=CC1=C(CO)CCCC1=O. The van der Waals surface area contributed by atoms with E-state index in [4.69, 9.17) is 5.11 Å². The lowest BCUT2D eigenvalue weighted by Crippen LogP contribution is -2.12. The van der Waals surface area contributed by atoms with E-state index in [0.717, 1.165) is 24.0 Å². The number of rotatable bonds is 2. The first-order chi connectivity index (χ1) is 5.79. The fraction of sp³-hybridized carbons (Fsp3) is 0.500. The molecule has 0 unspecified atom stereocenters. The van der Waals surface area contributed by atoms with Gasteiger partial charge in [-0.1, -0.05) is 12.2 Å². The molecule has 1 rings (SSSR count). The molecule has 0 aromatic rings. The Morgan fingerprint density at radius 3 is 2.83 bits per heavy atom. The summed E-state index contributed by atoms with van der Waals surface area (Å²) in [6, 6.07) is 0. The van der Waals surface area contributed by atoms with E-state index in [1.54, 1.807) is 6.08 Å². The second-order valence-electron chi connectivity index (χ2n) is 2.95. The zero-order valence-corrected chi connectivity index (χ0v) is 7.34. The van der Waals surface area contributed by atoms with Crippen molar-refractivity contribution in [3.05, 3.63) is 23.3 Å². The highest BCUT2D eigenvalue weighted by Gasteiger charge is 2.16. The monoisotopic (exact) mass is 166 g/mol. The van der Waals surface area contributed by atoms with E-state index in [-0.39, 0.29) is 12.4 Å². The number of hydrogen-bond donors (Lipinski definition) is 1. The summed E-state index contributed by atoms with van der Waals surface area (Å²) in [7, 11) is 0. The summed E-state index contributed by atoms with van der Waals surface area (Å²) in [6.45, 7) is 1.90. The van der Waals surface area contributed by atoms with Crippen LogP contribution in [0.25, 0.3) is 0 Å². The third-order valence-electron chi connectivity index (χ3n) is 2.09. The molecule has 66 valence electrons. The van der Waals surface area contributed by atoms with Gasteiger partial charge in [0.05, 0.1) is 6.61 Å². The zero-order chi connectivity index (χ0) is 8.97. The molecule has 1 N–H and O–H groups in total. The van der Waals surface area contributed by atoms with Gasteiger partial charge in [-0.25, -0.2) is 0 Å². The fourth-order valence-corrected chi connectivity index (χ4v) is 1.47. The number of carbonyl (C=O) groups excluding carboxylic acids is 1. The number of ketones is 1. The van der Waals surface area contributed by atoms with Crippen molar-refractivity contribution in [2.75, 3.05) is 6.61 Å². The smallest absolute Gasteiger partial charge is 0.162 e. The van der Waals surface area contributed by atoms with E-state index in [2.05, 4.69) is 0 Å². The lowest BCUT2D eigenvalue weighted by molar-refractivity contribution is -0.115. The van der Waals surface area contributed by atoms with Crippen molar-refractivity contribution >= 4 is 5.78 Å². The van der Waals surface area contributed by atoms with Gasteiger partial charge >= 0.3 is 0 Å². The molecule has 0 saturated heterocycles. The molecule has 0 bridgehead atoms. The summed E-state index contributed by atoms with van der Waals surface area (Å²) < 4.78 is 0. The summed E-state index contributed by atoms with van der Waals surface area (Å²) >= 11 is 0. The number of hydrogen-bond acceptors (Lipinski definition) is 2. The third kappa shape index (κ3) is 1.83. The first-order valence-electron chi connectivity index (χ1n) is 4.28. The van der Waals surface area contributed by atoms with E-state index in [1.165, 1.54) is 0 Å². The highest BCUT2D eigenvalue weighted by atomic mass is 16.3. The average Bonchev–Trinajstić information content (AvgIpc) is 2.09. The normalized spacial score (nSPS) is 19.3. The first-order valence-corrected chi connectivity index (χ1v) is 4.28. The summed E-state index contributed by atoms with van der Waals surface area (Å²) in [4.78, 5) is 11.3. The van der Waals surface area contributed by atoms with Crippen molar-refractivity contribution in [3.8, 4) is 0 Å². The maximum absolute atomic E-state index is 11.3. The highest BCUT2D eigenvalue weighted by Crippen LogP contribution is 2.22. The quantitative estimate of drug-likeness (QED) is 0.676. The number of allylic oxidation sites excluding steroid dienone is 3. The number of aliphatic hydroxyl groups is 1. The fourth-order valence-electron chi connectivity index (χ4n) is 1.47. The second-order valence-corrected chi connectivity index (χ2v) is 2.95. The molecule has 1 aliphatic carbocycles. The van der Waals surface area contributed by atoms with Crippen molar-refractivity contribution in [2.45, 2.75) is 26.2 Å². The lowest BCUT2D eigenvalue weighted by Gasteiger charge is -2.14. The zero-order valence-electron chi connectivity index (χ0n) is 7.34. The van der Waals surface area contributed by atoms with Crippen LogP contribution in [-0.4, -0.2) is 17.5 Å². The molecule has 0 fully saturated rings. The Morgan fingerprint density at radius 2 is 2.25 bits per heavy atom. The molecule has 0 radical (unpaired) electrons. The van der Waals surface area contributed by atoms with Gasteiger partial charge in [-0.05, 0) is 25.3 Å². The molecule has 0 spiro atoms. The Balaban J connectivity index is 2.95. The highest BCUT2D eigenvalue weighted by molar-refractivity contribution is 5.99. The Kier molecular flexibility index (Phi) is 3.23. The molecule has 1 aliphatic rings. The predicted molar refractivity (Wildman–Crippen MR) is 47.8 cm³/mol. The van der Waals surface area contributed by atoms with E-state index in [1.807, 2.05) is 13.0 Å². The lowest BCUT2D eigenvalue weighted by atomic mass is 9.91. The van der Waals surface area contributed by atoms with Crippen LogP contribution >= 0.6 is 0 Å². The molecule has 0 saturated carbocycles. The van der Waals surface area contributed by atoms with Crippen LogP contribution in [0, 0.1) is 0 Å². The molecule has 2 nitrogen and oxygen atoms in total. The number of Topliss-reactive ketones (excluding diaryl/α,β-unsaturated/α-hetero) is 1. The van der Waals surface area contributed by atoms with Crippen molar-refractivity contribution in [3.63, 3.8) is 0 Å². The number of aliphatic hydroxyl groups excluding tert-OH is 1. The predicted octanol–water partition coefficient (Wildman–Crippen LogP) is 1.60. The Morgan fingerprint density at radius 1 is 1.50 bits per heavy atom. The molecule has 0 amide bonds. The second kappa shape index (κ2) is 4.21. The van der Waals surface area contributed by atoms with Gasteiger partial charge in [0.1, 0.15) is 0 Å². The van der Waals surface area contributed by atoms with E-state index >= 15 is 0 Å². The van der Waals surface area contributed by atoms with E-state index in [0.29, 0.717) is 6.42 Å². The topological polar surface area (TPSA) is 37.3 Å². The van der Waals surface area contributed by atoms with Crippen molar-refractivity contribution in [2.24, 2.45) is 0 Å². The van der Waals surface area contributed by atoms with Gasteiger partial charge in [0.25, 0.3) is 0 Å². The Hall–Kier alpha value is -0.890. The molecule has 12 heavy (non-hydrogen) atoms. The maximum Gasteiger partial charge on any atom is 0.162 e. The molecule has 2 heteroatoms. The third-order valence-corrected chi connectivity index (χ3v) is 2.09. The standard InChI is InChI=1S/C10H14O2/c1-2-4-9-8(7-11)5-3-6-10(9)12/h2,4,11H,3,5-7H2,1H3. The molecule has 0 aromatic heterocycles. The summed E-state index contributed by atoms with van der Waals surface area (Å²) in [5.74, 6) is 0.170. The Bertz CT molecular complexity index is 236.